The number of nitrogens with zero attached hydrogens (tertiary/aromatic N) is 4. The number of fused-ring (bicyclic) bond motifs is 1. The van der Waals surface area contributed by atoms with Crippen LogP contribution in [-0.2, 0) is 17.8 Å². The summed E-state index contributed by atoms with van der Waals surface area (Å²) in [6.07, 6.45) is 6.12. The summed E-state index contributed by atoms with van der Waals surface area (Å²) < 4.78 is 14.0. The molecule has 1 unspecified atom stereocenters. The molecule has 4 rings (SSSR count). The normalized spacial score (nSPS) is 22.8. The molecule has 0 aliphatic carbocycles. The maximum absolute atomic E-state index is 6.15. The van der Waals surface area contributed by atoms with E-state index in [0.29, 0.717) is 12.1 Å². The monoisotopic (exact) mass is 328 g/mol. The van der Waals surface area contributed by atoms with Gasteiger partial charge < -0.3 is 14.0 Å². The maximum atomic E-state index is 6.15. The van der Waals surface area contributed by atoms with Gasteiger partial charge in [-0.25, -0.2) is 9.97 Å². The highest BCUT2D eigenvalue weighted by Crippen LogP contribution is 2.22. The first-order chi connectivity index (χ1) is 11.8. The quantitative estimate of drug-likeness (QED) is 0.863. The summed E-state index contributed by atoms with van der Waals surface area (Å²) in [6, 6.07) is 7.24. The molecule has 1 atom stereocenters. The van der Waals surface area contributed by atoms with Crippen LogP contribution in [0, 0.1) is 6.92 Å². The van der Waals surface area contributed by atoms with Crippen molar-refractivity contribution in [3.63, 3.8) is 0 Å². The van der Waals surface area contributed by atoms with Gasteiger partial charge in [-0.2, -0.15) is 0 Å². The van der Waals surface area contributed by atoms with Gasteiger partial charge in [0, 0.05) is 56.1 Å². The summed E-state index contributed by atoms with van der Waals surface area (Å²) in [7, 11) is 0. The molecule has 2 aromatic heterocycles. The summed E-state index contributed by atoms with van der Waals surface area (Å²) in [5.41, 5.74) is 2.27. The van der Waals surface area contributed by atoms with Crippen molar-refractivity contribution in [2.75, 3.05) is 19.8 Å². The van der Waals surface area contributed by atoms with Gasteiger partial charge in [-0.05, 0) is 38.0 Å². The summed E-state index contributed by atoms with van der Waals surface area (Å²) >= 11 is 0. The van der Waals surface area contributed by atoms with Crippen molar-refractivity contribution in [3.05, 3.63) is 42.0 Å². The Hall–Kier alpha value is -1.92. The van der Waals surface area contributed by atoms with Crippen LogP contribution in [0.1, 0.15) is 24.2 Å². The second-order valence-corrected chi connectivity index (χ2v) is 6.65. The van der Waals surface area contributed by atoms with Gasteiger partial charge in [0.15, 0.2) is 0 Å². The molecule has 6 nitrogen and oxygen atoms in total. The van der Waals surface area contributed by atoms with E-state index in [4.69, 9.17) is 9.47 Å². The van der Waals surface area contributed by atoms with Crippen molar-refractivity contribution in [1.29, 1.82) is 0 Å². The molecule has 0 saturated carbocycles. The van der Waals surface area contributed by atoms with Crippen molar-refractivity contribution in [3.8, 4) is 6.01 Å². The number of rotatable bonds is 3. The highest BCUT2D eigenvalue weighted by molar-refractivity contribution is 5.10. The lowest BCUT2D eigenvalue weighted by Gasteiger charge is -2.34. The van der Waals surface area contributed by atoms with Gasteiger partial charge in [-0.3, -0.25) is 4.90 Å². The second kappa shape index (κ2) is 6.91. The topological polar surface area (TPSA) is 52.4 Å². The van der Waals surface area contributed by atoms with Crippen LogP contribution in [-0.4, -0.2) is 51.3 Å². The Bertz CT molecular complexity index is 681. The van der Waals surface area contributed by atoms with E-state index in [0.717, 1.165) is 51.4 Å². The molecule has 6 heteroatoms. The third kappa shape index (κ3) is 3.44. The third-order valence-corrected chi connectivity index (χ3v) is 4.88. The van der Waals surface area contributed by atoms with Gasteiger partial charge >= 0.3 is 6.01 Å². The molecule has 2 aromatic rings. The lowest BCUT2D eigenvalue weighted by molar-refractivity contribution is 0.0159. The fourth-order valence-electron chi connectivity index (χ4n) is 3.62. The minimum atomic E-state index is 0.0447. The van der Waals surface area contributed by atoms with Crippen LogP contribution in [0.5, 0.6) is 6.01 Å². The Morgan fingerprint density at radius 1 is 1.21 bits per heavy atom. The van der Waals surface area contributed by atoms with Crippen LogP contribution in [0.15, 0.2) is 30.6 Å². The molecule has 0 spiro atoms. The molecule has 4 heterocycles. The number of hydrogen-bond donors (Lipinski definition) is 0. The molecule has 0 radical (unpaired) electrons. The molecule has 1 fully saturated rings. The zero-order valence-electron chi connectivity index (χ0n) is 14.1. The molecule has 2 aliphatic heterocycles. The van der Waals surface area contributed by atoms with E-state index < -0.39 is 0 Å². The Morgan fingerprint density at radius 3 is 2.92 bits per heavy atom. The molecule has 0 aromatic carbocycles. The second-order valence-electron chi connectivity index (χ2n) is 6.65. The molecule has 0 N–H and O–H groups in total. The van der Waals surface area contributed by atoms with Gasteiger partial charge in [0.1, 0.15) is 6.10 Å². The summed E-state index contributed by atoms with van der Waals surface area (Å²) in [5, 5.41) is 0. The number of hydrogen-bond acceptors (Lipinski definition) is 5. The summed E-state index contributed by atoms with van der Waals surface area (Å²) in [5.74, 6) is 0. The summed E-state index contributed by atoms with van der Waals surface area (Å²) in [4.78, 5) is 11.2. The largest absolute Gasteiger partial charge is 0.457 e. The Labute approximate surface area is 142 Å². The zero-order valence-corrected chi connectivity index (χ0v) is 14.1. The molecule has 128 valence electrons. The molecule has 0 bridgehead atoms. The highest BCUT2D eigenvalue weighted by Gasteiger charge is 2.29. The Balaban J connectivity index is 1.54. The summed E-state index contributed by atoms with van der Waals surface area (Å²) in [6.45, 7) is 6.36. The van der Waals surface area contributed by atoms with Crippen LogP contribution < -0.4 is 4.74 Å². The van der Waals surface area contributed by atoms with Crippen molar-refractivity contribution >= 4 is 0 Å². The molecule has 0 amide bonds. The lowest BCUT2D eigenvalue weighted by Crippen LogP contribution is -2.43. The first kappa shape index (κ1) is 15.6. The van der Waals surface area contributed by atoms with Crippen LogP contribution in [0.25, 0.3) is 0 Å². The van der Waals surface area contributed by atoms with Crippen LogP contribution >= 0.6 is 0 Å². The smallest absolute Gasteiger partial charge is 0.316 e. The maximum Gasteiger partial charge on any atom is 0.316 e. The van der Waals surface area contributed by atoms with E-state index in [9.17, 15) is 0 Å². The fourth-order valence-corrected chi connectivity index (χ4v) is 3.62. The van der Waals surface area contributed by atoms with Gasteiger partial charge in [-0.1, -0.05) is 0 Å². The van der Waals surface area contributed by atoms with Gasteiger partial charge in [0.2, 0.25) is 0 Å². The number of ether oxygens (including phenoxy) is 2. The van der Waals surface area contributed by atoms with Crippen molar-refractivity contribution in [2.24, 2.45) is 0 Å². The molecular formula is C18H24N4O2. The van der Waals surface area contributed by atoms with Crippen molar-refractivity contribution < 1.29 is 9.47 Å². The van der Waals surface area contributed by atoms with Crippen molar-refractivity contribution in [2.45, 2.75) is 45.0 Å². The number of aromatic nitrogens is 3. The highest BCUT2D eigenvalue weighted by atomic mass is 16.5. The third-order valence-electron chi connectivity index (χ3n) is 4.88. The van der Waals surface area contributed by atoms with E-state index in [2.05, 4.69) is 37.8 Å². The molecule has 1 saturated heterocycles. The average Bonchev–Trinajstić information content (AvgIpc) is 2.94. The van der Waals surface area contributed by atoms with E-state index in [1.807, 2.05) is 13.0 Å². The molecular weight excluding hydrogens is 304 g/mol. The van der Waals surface area contributed by atoms with Gasteiger partial charge in [-0.15, -0.1) is 0 Å². The first-order valence-corrected chi connectivity index (χ1v) is 8.70. The number of aryl methyl sites for hydroxylation is 1. The van der Waals surface area contributed by atoms with Gasteiger partial charge in [0.25, 0.3) is 0 Å². The van der Waals surface area contributed by atoms with E-state index in [1.165, 1.54) is 5.69 Å². The predicted octanol–water partition coefficient (Wildman–Crippen LogP) is 2.03. The minimum absolute atomic E-state index is 0.0447. The molecule has 2 aliphatic rings. The standard InChI is InChI=1S/C18H24N4O2/c1-14-4-7-19-18(20-14)24-17-12-21-8-2-3-16(21)11-22(13-17)15-5-9-23-10-6-15/h2-4,7-8,15,17H,5-6,9-13H2,1H3. The lowest BCUT2D eigenvalue weighted by atomic mass is 10.1. The van der Waals surface area contributed by atoms with Crippen LogP contribution in [0.3, 0.4) is 0 Å². The zero-order chi connectivity index (χ0) is 16.4. The molecule has 24 heavy (non-hydrogen) atoms. The SMILES string of the molecule is Cc1ccnc(OC2CN(C3CCOCC3)Cc3cccn3C2)n1. The first-order valence-electron chi connectivity index (χ1n) is 8.70. The van der Waals surface area contributed by atoms with Gasteiger partial charge in [0.05, 0.1) is 6.54 Å². The van der Waals surface area contributed by atoms with E-state index >= 15 is 0 Å². The fraction of sp³-hybridized carbons (Fsp3) is 0.556. The van der Waals surface area contributed by atoms with Crippen LogP contribution in [0.2, 0.25) is 0 Å². The van der Waals surface area contributed by atoms with Crippen LogP contribution in [0.4, 0.5) is 0 Å². The Morgan fingerprint density at radius 2 is 2.08 bits per heavy atom. The van der Waals surface area contributed by atoms with E-state index in [-0.39, 0.29) is 6.10 Å². The predicted molar refractivity (Wildman–Crippen MR) is 89.9 cm³/mol. The van der Waals surface area contributed by atoms with Crippen molar-refractivity contribution in [1.82, 2.24) is 19.4 Å². The van der Waals surface area contributed by atoms with E-state index in [1.54, 1.807) is 6.20 Å². The average molecular weight is 328 g/mol. The Kier molecular flexibility index (Phi) is 4.49. The minimum Gasteiger partial charge on any atom is -0.457 e.